The van der Waals surface area contributed by atoms with E-state index < -0.39 is 10.2 Å². The summed E-state index contributed by atoms with van der Waals surface area (Å²) in [5.41, 5.74) is 1.93. The zero-order valence-electron chi connectivity index (χ0n) is 17.7. The van der Waals surface area contributed by atoms with Gasteiger partial charge in [0.05, 0.1) is 5.69 Å². The first-order valence-electron chi connectivity index (χ1n) is 10.2. The lowest BCUT2D eigenvalue weighted by molar-refractivity contribution is 0.109. The van der Waals surface area contributed by atoms with Crippen LogP contribution in [0.4, 0.5) is 5.69 Å². The highest BCUT2D eigenvalue weighted by atomic mass is 32.2. The Balaban J connectivity index is 2.06. The Morgan fingerprint density at radius 2 is 2.00 bits per heavy atom. The highest BCUT2D eigenvalue weighted by Gasteiger charge is 2.37. The number of piperidine rings is 1. The molecule has 0 aliphatic carbocycles. The van der Waals surface area contributed by atoms with Crippen molar-refractivity contribution in [1.82, 2.24) is 9.21 Å². The molecule has 0 radical (unpaired) electrons. The Morgan fingerprint density at radius 1 is 1.26 bits per heavy atom. The van der Waals surface area contributed by atoms with E-state index in [0.29, 0.717) is 11.6 Å². The maximum Gasteiger partial charge on any atom is 0.301 e. The fourth-order valence-corrected chi connectivity index (χ4v) is 4.50. The summed E-state index contributed by atoms with van der Waals surface area (Å²) in [7, 11) is -0.414. The average molecular weight is 396 g/mol. The molecular formula is C21H37N3O2S. The molecule has 1 aliphatic rings. The van der Waals surface area contributed by atoms with Crippen molar-refractivity contribution in [2.75, 3.05) is 38.5 Å². The van der Waals surface area contributed by atoms with E-state index in [1.165, 1.54) is 56.2 Å². The van der Waals surface area contributed by atoms with Gasteiger partial charge >= 0.3 is 10.2 Å². The number of nitrogens with one attached hydrogen (secondary N) is 1. The molecule has 0 saturated carbocycles. The number of likely N-dealkylation sites (tertiary alicyclic amines) is 1. The maximum atomic E-state index is 12.1. The number of unbranched alkanes of at least 4 members (excludes halogenated alkanes) is 3. The van der Waals surface area contributed by atoms with Crippen molar-refractivity contribution in [2.24, 2.45) is 5.92 Å². The minimum Gasteiger partial charge on any atom is -0.303 e. The van der Waals surface area contributed by atoms with Crippen LogP contribution >= 0.6 is 0 Å². The first-order valence-corrected chi connectivity index (χ1v) is 11.7. The van der Waals surface area contributed by atoms with E-state index in [0.717, 1.165) is 19.5 Å². The first-order chi connectivity index (χ1) is 12.7. The van der Waals surface area contributed by atoms with Gasteiger partial charge in [-0.15, -0.1) is 0 Å². The van der Waals surface area contributed by atoms with Gasteiger partial charge in [0, 0.05) is 20.6 Å². The number of hydrogen-bond donors (Lipinski definition) is 1. The Kier molecular flexibility index (Phi) is 7.72. The van der Waals surface area contributed by atoms with E-state index in [-0.39, 0.29) is 5.41 Å². The molecule has 6 heteroatoms. The molecule has 154 valence electrons. The van der Waals surface area contributed by atoms with E-state index in [1.807, 2.05) is 18.2 Å². The predicted molar refractivity (Wildman–Crippen MR) is 114 cm³/mol. The topological polar surface area (TPSA) is 52.7 Å². The molecule has 0 spiro atoms. The molecule has 1 heterocycles. The van der Waals surface area contributed by atoms with Gasteiger partial charge in [0.25, 0.3) is 0 Å². The van der Waals surface area contributed by atoms with Crippen LogP contribution in [-0.2, 0) is 15.6 Å². The number of anilines is 1. The van der Waals surface area contributed by atoms with Crippen molar-refractivity contribution in [2.45, 2.75) is 58.3 Å². The average Bonchev–Trinajstić information content (AvgIpc) is 2.61. The number of hydrogen-bond acceptors (Lipinski definition) is 3. The molecule has 1 aliphatic heterocycles. The Morgan fingerprint density at radius 3 is 2.63 bits per heavy atom. The minimum atomic E-state index is -3.48. The normalized spacial score (nSPS) is 24.3. The molecule has 0 unspecified atom stereocenters. The molecule has 0 amide bonds. The SMILES string of the molecule is CCCCCCN1CC[C@](C)(c2cccc(NS(=O)(=O)N(C)C)c2)[C@@H](C)C1. The van der Waals surface area contributed by atoms with Crippen molar-refractivity contribution in [3.05, 3.63) is 29.8 Å². The molecule has 0 aromatic heterocycles. The third-order valence-corrected chi connectivity index (χ3v) is 7.60. The highest BCUT2D eigenvalue weighted by Crippen LogP contribution is 2.40. The van der Waals surface area contributed by atoms with Crippen molar-refractivity contribution in [1.29, 1.82) is 0 Å². The molecule has 1 N–H and O–H groups in total. The molecule has 2 rings (SSSR count). The summed E-state index contributed by atoms with van der Waals surface area (Å²) < 4.78 is 28.1. The summed E-state index contributed by atoms with van der Waals surface area (Å²) in [5, 5.41) is 0. The second kappa shape index (κ2) is 9.39. The van der Waals surface area contributed by atoms with Gasteiger partial charge in [-0.05, 0) is 55.0 Å². The van der Waals surface area contributed by atoms with Gasteiger partial charge in [0.2, 0.25) is 0 Å². The van der Waals surface area contributed by atoms with Gasteiger partial charge in [0.15, 0.2) is 0 Å². The van der Waals surface area contributed by atoms with Crippen LogP contribution in [-0.4, -0.2) is 51.4 Å². The van der Waals surface area contributed by atoms with Crippen LogP contribution in [0.5, 0.6) is 0 Å². The monoisotopic (exact) mass is 395 g/mol. The van der Waals surface area contributed by atoms with Crippen LogP contribution in [0.1, 0.15) is 58.4 Å². The quantitative estimate of drug-likeness (QED) is 0.641. The van der Waals surface area contributed by atoms with Crippen molar-refractivity contribution < 1.29 is 8.42 Å². The van der Waals surface area contributed by atoms with Crippen LogP contribution in [0.25, 0.3) is 0 Å². The molecule has 27 heavy (non-hydrogen) atoms. The lowest BCUT2D eigenvalue weighted by Crippen LogP contribution is -2.47. The third-order valence-electron chi connectivity index (χ3n) is 6.14. The van der Waals surface area contributed by atoms with Crippen molar-refractivity contribution in [3.63, 3.8) is 0 Å². The minimum absolute atomic E-state index is 0.0689. The van der Waals surface area contributed by atoms with Crippen LogP contribution < -0.4 is 4.72 Å². The number of nitrogens with zero attached hydrogens (tertiary/aromatic N) is 2. The van der Waals surface area contributed by atoms with Gasteiger partial charge in [-0.2, -0.15) is 12.7 Å². The van der Waals surface area contributed by atoms with Gasteiger partial charge in [0.1, 0.15) is 0 Å². The van der Waals surface area contributed by atoms with E-state index in [9.17, 15) is 8.42 Å². The molecule has 2 atom stereocenters. The van der Waals surface area contributed by atoms with Gasteiger partial charge < -0.3 is 4.90 Å². The Bertz CT molecular complexity index is 705. The van der Waals surface area contributed by atoms with Gasteiger partial charge in [-0.1, -0.05) is 52.2 Å². The standard InChI is InChI=1S/C21H37N3O2S/c1-6-7-8-9-14-24-15-13-21(3,18(2)17-24)19-11-10-12-20(16-19)22-27(25,26)23(4)5/h10-12,16,18,22H,6-9,13-15,17H2,1-5H3/t18-,21-/m0/s1. The molecule has 1 aromatic carbocycles. The van der Waals surface area contributed by atoms with Crippen molar-refractivity contribution in [3.8, 4) is 0 Å². The summed E-state index contributed by atoms with van der Waals surface area (Å²) in [5.74, 6) is 0.526. The van der Waals surface area contributed by atoms with Gasteiger partial charge in [-0.25, -0.2) is 0 Å². The van der Waals surface area contributed by atoms with Crippen LogP contribution in [0.2, 0.25) is 0 Å². The van der Waals surface area contributed by atoms with Gasteiger partial charge in [-0.3, -0.25) is 4.72 Å². The second-order valence-corrected chi connectivity index (χ2v) is 10.3. The second-order valence-electron chi connectivity index (χ2n) is 8.40. The Labute approximate surface area is 166 Å². The van der Waals surface area contributed by atoms with Crippen LogP contribution in [0.3, 0.4) is 0 Å². The largest absolute Gasteiger partial charge is 0.303 e. The summed E-state index contributed by atoms with van der Waals surface area (Å²) in [6, 6.07) is 7.93. The van der Waals surface area contributed by atoms with E-state index in [2.05, 4.69) is 36.5 Å². The molecule has 1 aromatic rings. The number of benzene rings is 1. The van der Waals surface area contributed by atoms with Crippen molar-refractivity contribution >= 4 is 15.9 Å². The molecule has 1 saturated heterocycles. The summed E-state index contributed by atoms with van der Waals surface area (Å²) in [6.45, 7) is 10.3. The van der Waals surface area contributed by atoms with E-state index in [1.54, 1.807) is 0 Å². The molecular weight excluding hydrogens is 358 g/mol. The van der Waals surface area contributed by atoms with Crippen LogP contribution in [0.15, 0.2) is 24.3 Å². The van der Waals surface area contributed by atoms with E-state index in [4.69, 9.17) is 0 Å². The summed E-state index contributed by atoms with van der Waals surface area (Å²) in [6.07, 6.45) is 6.33. The summed E-state index contributed by atoms with van der Waals surface area (Å²) >= 11 is 0. The molecule has 1 fully saturated rings. The Hall–Kier alpha value is -1.11. The predicted octanol–water partition coefficient (Wildman–Crippen LogP) is 4.08. The fourth-order valence-electron chi connectivity index (χ4n) is 3.89. The smallest absolute Gasteiger partial charge is 0.301 e. The van der Waals surface area contributed by atoms with E-state index >= 15 is 0 Å². The maximum absolute atomic E-state index is 12.1. The lowest BCUT2D eigenvalue weighted by Gasteiger charge is -2.45. The molecule has 5 nitrogen and oxygen atoms in total. The lowest BCUT2D eigenvalue weighted by atomic mass is 9.68. The zero-order chi connectivity index (χ0) is 20.1. The highest BCUT2D eigenvalue weighted by molar-refractivity contribution is 7.90. The molecule has 0 bridgehead atoms. The van der Waals surface area contributed by atoms with Crippen LogP contribution in [0, 0.1) is 5.92 Å². The summed E-state index contributed by atoms with van der Waals surface area (Å²) in [4.78, 5) is 2.60. The fraction of sp³-hybridized carbons (Fsp3) is 0.714. The third kappa shape index (κ3) is 5.69. The first kappa shape index (κ1) is 22.2. The zero-order valence-corrected chi connectivity index (χ0v) is 18.5. The number of rotatable bonds is 9.